The summed E-state index contributed by atoms with van der Waals surface area (Å²) < 4.78 is 5.20. The quantitative estimate of drug-likeness (QED) is 0.862. The van der Waals surface area contributed by atoms with Crippen LogP contribution in [0.5, 0.6) is 5.75 Å². The zero-order valence-corrected chi connectivity index (χ0v) is 11.9. The SMILES string of the molecule is N#CCOc1cccc(NC(=O)CC2CSCCN2)c1. The number of rotatable bonds is 5. The van der Waals surface area contributed by atoms with Crippen molar-refractivity contribution in [3.05, 3.63) is 24.3 Å². The Labute approximate surface area is 122 Å². The van der Waals surface area contributed by atoms with Crippen molar-refractivity contribution in [2.24, 2.45) is 0 Å². The lowest BCUT2D eigenvalue weighted by molar-refractivity contribution is -0.116. The van der Waals surface area contributed by atoms with Gasteiger partial charge < -0.3 is 15.4 Å². The summed E-state index contributed by atoms with van der Waals surface area (Å²) in [6, 6.07) is 9.22. The third kappa shape index (κ3) is 4.76. The molecule has 0 radical (unpaired) electrons. The predicted octanol–water partition coefficient (Wildman–Crippen LogP) is 1.62. The van der Waals surface area contributed by atoms with Crippen LogP contribution < -0.4 is 15.4 Å². The molecule has 6 heteroatoms. The van der Waals surface area contributed by atoms with Gasteiger partial charge in [0, 0.05) is 42.3 Å². The van der Waals surface area contributed by atoms with Crippen molar-refractivity contribution in [2.45, 2.75) is 12.5 Å². The number of hydrogen-bond donors (Lipinski definition) is 2. The van der Waals surface area contributed by atoms with Crippen LogP contribution in [0.1, 0.15) is 6.42 Å². The first kappa shape index (κ1) is 14.7. The zero-order chi connectivity index (χ0) is 14.2. The molecule has 2 N–H and O–H groups in total. The molecule has 20 heavy (non-hydrogen) atoms. The Balaban J connectivity index is 1.85. The molecule has 1 aliphatic heterocycles. The minimum absolute atomic E-state index is 0.000612. The Hall–Kier alpha value is -1.71. The van der Waals surface area contributed by atoms with Crippen LogP contribution in [-0.2, 0) is 4.79 Å². The average molecular weight is 291 g/mol. The van der Waals surface area contributed by atoms with Gasteiger partial charge >= 0.3 is 0 Å². The molecule has 0 saturated carbocycles. The van der Waals surface area contributed by atoms with Crippen LogP contribution in [0, 0.1) is 11.3 Å². The lowest BCUT2D eigenvalue weighted by atomic mass is 10.2. The smallest absolute Gasteiger partial charge is 0.225 e. The molecule has 5 nitrogen and oxygen atoms in total. The van der Waals surface area contributed by atoms with E-state index in [0.717, 1.165) is 18.1 Å². The number of anilines is 1. The molecule has 0 aromatic heterocycles. The summed E-state index contributed by atoms with van der Waals surface area (Å²) in [7, 11) is 0. The molecule has 106 valence electrons. The molecule has 0 spiro atoms. The summed E-state index contributed by atoms with van der Waals surface area (Å²) in [6.07, 6.45) is 0.469. The van der Waals surface area contributed by atoms with E-state index in [1.807, 2.05) is 17.8 Å². The van der Waals surface area contributed by atoms with Crippen LogP contribution in [0.15, 0.2) is 24.3 Å². The van der Waals surface area contributed by atoms with Crippen LogP contribution in [0.4, 0.5) is 5.69 Å². The lowest BCUT2D eigenvalue weighted by Gasteiger charge is -2.22. The molecule has 1 saturated heterocycles. The van der Waals surface area contributed by atoms with Gasteiger partial charge in [-0.15, -0.1) is 0 Å². The third-order valence-corrected chi connectivity index (χ3v) is 3.98. The largest absolute Gasteiger partial charge is 0.479 e. The number of thioether (sulfide) groups is 1. The van der Waals surface area contributed by atoms with Gasteiger partial charge in [0.1, 0.15) is 11.8 Å². The normalized spacial score (nSPS) is 18.1. The minimum Gasteiger partial charge on any atom is -0.479 e. The monoisotopic (exact) mass is 291 g/mol. The van der Waals surface area contributed by atoms with Gasteiger partial charge in [-0.2, -0.15) is 17.0 Å². The molecule has 0 aliphatic carbocycles. The maximum atomic E-state index is 12.0. The van der Waals surface area contributed by atoms with Gasteiger partial charge in [0.15, 0.2) is 6.61 Å². The Morgan fingerprint density at radius 1 is 1.60 bits per heavy atom. The fourth-order valence-corrected chi connectivity index (χ4v) is 2.91. The number of carbonyl (C=O) groups is 1. The van der Waals surface area contributed by atoms with E-state index in [2.05, 4.69) is 10.6 Å². The second kappa shape index (κ2) is 7.78. The van der Waals surface area contributed by atoms with E-state index in [4.69, 9.17) is 10.00 Å². The molecule has 1 amide bonds. The van der Waals surface area contributed by atoms with Crippen molar-refractivity contribution < 1.29 is 9.53 Å². The summed E-state index contributed by atoms with van der Waals surface area (Å²) in [4.78, 5) is 12.0. The average Bonchev–Trinajstić information content (AvgIpc) is 2.46. The van der Waals surface area contributed by atoms with E-state index in [9.17, 15) is 4.79 Å². The highest BCUT2D eigenvalue weighted by Crippen LogP contribution is 2.18. The molecule has 2 rings (SSSR count). The van der Waals surface area contributed by atoms with Gasteiger partial charge in [-0.05, 0) is 12.1 Å². The van der Waals surface area contributed by atoms with E-state index in [0.29, 0.717) is 17.9 Å². The first-order chi connectivity index (χ1) is 9.78. The molecule has 1 atom stereocenters. The van der Waals surface area contributed by atoms with Crippen molar-refractivity contribution in [2.75, 3.05) is 30.0 Å². The number of benzene rings is 1. The Morgan fingerprint density at radius 2 is 2.50 bits per heavy atom. The second-order valence-electron chi connectivity index (χ2n) is 4.45. The summed E-state index contributed by atoms with van der Waals surface area (Å²) in [6.45, 7) is 0.959. The van der Waals surface area contributed by atoms with Crippen molar-refractivity contribution in [3.8, 4) is 11.8 Å². The highest BCUT2D eigenvalue weighted by atomic mass is 32.2. The fraction of sp³-hybridized carbons (Fsp3) is 0.429. The van der Waals surface area contributed by atoms with Crippen LogP contribution in [-0.4, -0.2) is 36.6 Å². The maximum Gasteiger partial charge on any atom is 0.225 e. The number of amides is 1. The first-order valence-corrected chi connectivity index (χ1v) is 7.64. The summed E-state index contributed by atoms with van der Waals surface area (Å²) in [5.74, 6) is 2.65. The Morgan fingerprint density at radius 3 is 3.25 bits per heavy atom. The lowest BCUT2D eigenvalue weighted by Crippen LogP contribution is -2.39. The minimum atomic E-state index is -0.0116. The van der Waals surface area contributed by atoms with Crippen LogP contribution >= 0.6 is 11.8 Å². The number of nitrogens with zero attached hydrogens (tertiary/aromatic N) is 1. The molecule has 1 aromatic rings. The van der Waals surface area contributed by atoms with Crippen LogP contribution in [0.25, 0.3) is 0 Å². The molecule has 1 unspecified atom stereocenters. The number of carbonyl (C=O) groups excluding carboxylic acids is 1. The van der Waals surface area contributed by atoms with E-state index < -0.39 is 0 Å². The number of nitrogens with one attached hydrogen (secondary N) is 2. The summed E-state index contributed by atoms with van der Waals surface area (Å²) in [5.41, 5.74) is 0.689. The summed E-state index contributed by atoms with van der Waals surface area (Å²) >= 11 is 1.87. The number of ether oxygens (including phenoxy) is 1. The van der Waals surface area contributed by atoms with Crippen molar-refractivity contribution in [1.29, 1.82) is 5.26 Å². The van der Waals surface area contributed by atoms with Gasteiger partial charge in [-0.1, -0.05) is 6.07 Å². The van der Waals surface area contributed by atoms with Crippen LogP contribution in [0.3, 0.4) is 0 Å². The zero-order valence-electron chi connectivity index (χ0n) is 11.1. The third-order valence-electron chi connectivity index (χ3n) is 2.85. The second-order valence-corrected chi connectivity index (χ2v) is 5.60. The van der Waals surface area contributed by atoms with Gasteiger partial charge in [0.05, 0.1) is 0 Å². The van der Waals surface area contributed by atoms with Crippen molar-refractivity contribution >= 4 is 23.4 Å². The van der Waals surface area contributed by atoms with Crippen molar-refractivity contribution in [3.63, 3.8) is 0 Å². The number of hydrogen-bond acceptors (Lipinski definition) is 5. The standard InChI is InChI=1S/C14H17N3O2S/c15-4-6-19-13-3-1-2-11(8-13)17-14(18)9-12-10-20-7-5-16-12/h1-3,8,12,16H,5-7,9-10H2,(H,17,18). The maximum absolute atomic E-state index is 12.0. The van der Waals surface area contributed by atoms with Crippen LogP contribution in [0.2, 0.25) is 0 Å². The molecular formula is C14H17N3O2S. The van der Waals surface area contributed by atoms with E-state index in [-0.39, 0.29) is 18.6 Å². The van der Waals surface area contributed by atoms with Gasteiger partial charge in [0.2, 0.25) is 5.91 Å². The van der Waals surface area contributed by atoms with Gasteiger partial charge in [0.25, 0.3) is 0 Å². The Kier molecular flexibility index (Phi) is 5.71. The molecule has 1 heterocycles. The molecule has 1 fully saturated rings. The molecule has 0 bridgehead atoms. The van der Waals surface area contributed by atoms with E-state index in [1.165, 1.54) is 0 Å². The fourth-order valence-electron chi connectivity index (χ4n) is 1.97. The number of nitriles is 1. The first-order valence-electron chi connectivity index (χ1n) is 6.49. The highest BCUT2D eigenvalue weighted by molar-refractivity contribution is 7.99. The van der Waals surface area contributed by atoms with Gasteiger partial charge in [-0.25, -0.2) is 0 Å². The predicted molar refractivity (Wildman–Crippen MR) is 79.9 cm³/mol. The molecule has 1 aromatic carbocycles. The molecule has 1 aliphatic rings. The highest BCUT2D eigenvalue weighted by Gasteiger charge is 2.16. The van der Waals surface area contributed by atoms with Gasteiger partial charge in [-0.3, -0.25) is 4.79 Å². The Bertz CT molecular complexity index is 495. The van der Waals surface area contributed by atoms with E-state index >= 15 is 0 Å². The van der Waals surface area contributed by atoms with E-state index in [1.54, 1.807) is 24.3 Å². The topological polar surface area (TPSA) is 74.1 Å². The summed E-state index contributed by atoms with van der Waals surface area (Å²) in [5, 5.41) is 14.7. The molecular weight excluding hydrogens is 274 g/mol. The van der Waals surface area contributed by atoms with Crippen molar-refractivity contribution in [1.82, 2.24) is 5.32 Å².